The SMILES string of the molecule is C=C/C(=C\C=C/C)CCCN1CCCC1. The molecular weight excluding hydrogens is 182 g/mol. The summed E-state index contributed by atoms with van der Waals surface area (Å²) in [7, 11) is 0. The van der Waals surface area contributed by atoms with Crippen molar-refractivity contribution in [2.75, 3.05) is 19.6 Å². The monoisotopic (exact) mass is 205 g/mol. The van der Waals surface area contributed by atoms with Crippen LogP contribution in [0.25, 0.3) is 0 Å². The third kappa shape index (κ3) is 4.98. The molecule has 0 spiro atoms. The summed E-state index contributed by atoms with van der Waals surface area (Å²) in [5.41, 5.74) is 1.35. The van der Waals surface area contributed by atoms with E-state index in [9.17, 15) is 0 Å². The second kappa shape index (κ2) is 7.47. The summed E-state index contributed by atoms with van der Waals surface area (Å²) >= 11 is 0. The quantitative estimate of drug-likeness (QED) is 0.599. The minimum Gasteiger partial charge on any atom is -0.303 e. The topological polar surface area (TPSA) is 3.24 Å². The van der Waals surface area contributed by atoms with Gasteiger partial charge < -0.3 is 4.90 Å². The molecule has 0 aliphatic carbocycles. The molecule has 1 saturated heterocycles. The van der Waals surface area contributed by atoms with E-state index in [2.05, 4.69) is 29.7 Å². The van der Waals surface area contributed by atoms with Gasteiger partial charge in [0.1, 0.15) is 0 Å². The number of rotatable bonds is 6. The van der Waals surface area contributed by atoms with Crippen molar-refractivity contribution in [2.45, 2.75) is 32.6 Å². The van der Waals surface area contributed by atoms with Gasteiger partial charge >= 0.3 is 0 Å². The Morgan fingerprint density at radius 2 is 2.07 bits per heavy atom. The predicted molar refractivity (Wildman–Crippen MR) is 68.0 cm³/mol. The molecule has 0 aromatic heterocycles. The van der Waals surface area contributed by atoms with Gasteiger partial charge in [0.15, 0.2) is 0 Å². The molecule has 1 heteroatoms. The van der Waals surface area contributed by atoms with E-state index in [1.165, 1.54) is 44.5 Å². The molecule has 0 saturated carbocycles. The van der Waals surface area contributed by atoms with Crippen LogP contribution in [0.4, 0.5) is 0 Å². The fourth-order valence-electron chi connectivity index (χ4n) is 1.99. The molecule has 0 unspecified atom stereocenters. The van der Waals surface area contributed by atoms with E-state index in [-0.39, 0.29) is 0 Å². The number of nitrogens with zero attached hydrogens (tertiary/aromatic N) is 1. The first-order chi connectivity index (χ1) is 7.36. The van der Waals surface area contributed by atoms with Crippen molar-refractivity contribution in [3.63, 3.8) is 0 Å². The normalized spacial score (nSPS) is 18.9. The van der Waals surface area contributed by atoms with Crippen LogP contribution in [0.2, 0.25) is 0 Å². The zero-order valence-electron chi connectivity index (χ0n) is 9.91. The first-order valence-corrected chi connectivity index (χ1v) is 6.03. The zero-order valence-corrected chi connectivity index (χ0v) is 9.91. The van der Waals surface area contributed by atoms with Gasteiger partial charge in [-0.25, -0.2) is 0 Å². The fourth-order valence-corrected chi connectivity index (χ4v) is 1.99. The van der Waals surface area contributed by atoms with Gasteiger partial charge in [0, 0.05) is 0 Å². The van der Waals surface area contributed by atoms with Gasteiger partial charge in [-0.3, -0.25) is 0 Å². The summed E-state index contributed by atoms with van der Waals surface area (Å²) in [6, 6.07) is 0. The third-order valence-corrected chi connectivity index (χ3v) is 2.90. The number of hydrogen-bond donors (Lipinski definition) is 0. The lowest BCUT2D eigenvalue weighted by Crippen LogP contribution is -2.20. The van der Waals surface area contributed by atoms with E-state index in [0.29, 0.717) is 0 Å². The Labute approximate surface area is 94.2 Å². The summed E-state index contributed by atoms with van der Waals surface area (Å²) in [6.07, 6.45) is 13.5. The van der Waals surface area contributed by atoms with Crippen molar-refractivity contribution in [1.82, 2.24) is 4.90 Å². The van der Waals surface area contributed by atoms with E-state index < -0.39 is 0 Å². The van der Waals surface area contributed by atoms with Crippen molar-refractivity contribution in [3.8, 4) is 0 Å². The Kier molecular flexibility index (Phi) is 6.10. The second-order valence-electron chi connectivity index (χ2n) is 4.12. The van der Waals surface area contributed by atoms with Gasteiger partial charge in [-0.15, -0.1) is 0 Å². The summed E-state index contributed by atoms with van der Waals surface area (Å²) in [5.74, 6) is 0. The molecule has 84 valence electrons. The van der Waals surface area contributed by atoms with Crippen molar-refractivity contribution in [1.29, 1.82) is 0 Å². The molecule has 0 atom stereocenters. The minimum atomic E-state index is 1.16. The Balaban J connectivity index is 2.19. The van der Waals surface area contributed by atoms with Crippen LogP contribution in [0, 0.1) is 0 Å². The van der Waals surface area contributed by atoms with E-state index in [1.807, 2.05) is 13.0 Å². The van der Waals surface area contributed by atoms with Crippen LogP contribution >= 0.6 is 0 Å². The molecule has 1 heterocycles. The lowest BCUT2D eigenvalue weighted by molar-refractivity contribution is 0.334. The average Bonchev–Trinajstić information content (AvgIpc) is 2.76. The minimum absolute atomic E-state index is 1.16. The van der Waals surface area contributed by atoms with Crippen molar-refractivity contribution in [2.24, 2.45) is 0 Å². The maximum atomic E-state index is 3.85. The molecule has 1 aliphatic rings. The Bertz CT molecular complexity index is 232. The lowest BCUT2D eigenvalue weighted by Gasteiger charge is -2.13. The highest BCUT2D eigenvalue weighted by Gasteiger charge is 2.10. The molecule has 0 aromatic rings. The zero-order chi connectivity index (χ0) is 10.9. The number of allylic oxidation sites excluding steroid dienone is 5. The Hall–Kier alpha value is -0.820. The summed E-state index contributed by atoms with van der Waals surface area (Å²) < 4.78 is 0. The molecular formula is C14H23N. The average molecular weight is 205 g/mol. The van der Waals surface area contributed by atoms with Crippen molar-refractivity contribution >= 4 is 0 Å². The fraction of sp³-hybridized carbons (Fsp3) is 0.571. The van der Waals surface area contributed by atoms with E-state index in [4.69, 9.17) is 0 Å². The van der Waals surface area contributed by atoms with Crippen LogP contribution in [-0.4, -0.2) is 24.5 Å². The van der Waals surface area contributed by atoms with Gasteiger partial charge in [-0.1, -0.05) is 30.9 Å². The molecule has 0 radical (unpaired) electrons. The maximum absolute atomic E-state index is 3.85. The van der Waals surface area contributed by atoms with Gasteiger partial charge in [-0.2, -0.15) is 0 Å². The van der Waals surface area contributed by atoms with Gasteiger partial charge in [0.2, 0.25) is 0 Å². The first-order valence-electron chi connectivity index (χ1n) is 6.03. The predicted octanol–water partition coefficient (Wildman–Crippen LogP) is 3.55. The van der Waals surface area contributed by atoms with Gasteiger partial charge in [-0.05, 0) is 57.8 Å². The van der Waals surface area contributed by atoms with E-state index in [1.54, 1.807) is 0 Å². The van der Waals surface area contributed by atoms with Gasteiger partial charge in [0.05, 0.1) is 0 Å². The van der Waals surface area contributed by atoms with Crippen molar-refractivity contribution in [3.05, 3.63) is 36.5 Å². The molecule has 15 heavy (non-hydrogen) atoms. The van der Waals surface area contributed by atoms with Crippen LogP contribution in [0.5, 0.6) is 0 Å². The standard InChI is InChI=1S/C14H23N/c1-3-5-9-14(4-2)10-8-13-15-11-6-7-12-15/h3-5,9H,2,6-8,10-13H2,1H3/b5-3-,14-9+. The molecule has 1 fully saturated rings. The van der Waals surface area contributed by atoms with Crippen LogP contribution < -0.4 is 0 Å². The van der Waals surface area contributed by atoms with E-state index >= 15 is 0 Å². The number of likely N-dealkylation sites (tertiary alicyclic amines) is 1. The second-order valence-corrected chi connectivity index (χ2v) is 4.12. The summed E-state index contributed by atoms with van der Waals surface area (Å²) in [5, 5.41) is 0. The molecule has 1 rings (SSSR count). The Morgan fingerprint density at radius 3 is 2.67 bits per heavy atom. The summed E-state index contributed by atoms with van der Waals surface area (Å²) in [4.78, 5) is 2.57. The number of hydrogen-bond acceptors (Lipinski definition) is 1. The van der Waals surface area contributed by atoms with Crippen LogP contribution in [0.15, 0.2) is 36.5 Å². The molecule has 1 nitrogen and oxygen atoms in total. The largest absolute Gasteiger partial charge is 0.303 e. The van der Waals surface area contributed by atoms with Crippen LogP contribution in [0.1, 0.15) is 32.6 Å². The maximum Gasteiger partial charge on any atom is -0.00156 e. The van der Waals surface area contributed by atoms with Crippen LogP contribution in [-0.2, 0) is 0 Å². The van der Waals surface area contributed by atoms with Crippen LogP contribution in [0.3, 0.4) is 0 Å². The van der Waals surface area contributed by atoms with Crippen molar-refractivity contribution < 1.29 is 0 Å². The van der Waals surface area contributed by atoms with E-state index in [0.717, 1.165) is 6.42 Å². The smallest absolute Gasteiger partial charge is 0.00156 e. The Morgan fingerprint density at radius 1 is 1.33 bits per heavy atom. The van der Waals surface area contributed by atoms with Gasteiger partial charge in [0.25, 0.3) is 0 Å². The molecule has 0 aromatic carbocycles. The molecule has 0 N–H and O–H groups in total. The lowest BCUT2D eigenvalue weighted by atomic mass is 10.1. The molecule has 0 bridgehead atoms. The first kappa shape index (κ1) is 12.3. The summed E-state index contributed by atoms with van der Waals surface area (Å²) in [6.45, 7) is 9.76. The molecule has 0 amide bonds. The third-order valence-electron chi connectivity index (χ3n) is 2.90. The molecule has 1 aliphatic heterocycles. The highest BCUT2D eigenvalue weighted by Crippen LogP contribution is 2.11. The highest BCUT2D eigenvalue weighted by atomic mass is 15.1. The highest BCUT2D eigenvalue weighted by molar-refractivity contribution is 5.21.